The maximum Gasteiger partial charge on any atom is 0.342 e. The zero-order chi connectivity index (χ0) is 12.7. The van der Waals surface area contributed by atoms with Crippen LogP contribution in [0.15, 0.2) is 30.0 Å². The molecule has 0 unspecified atom stereocenters. The number of pyridine rings is 1. The third kappa shape index (κ3) is 3.92. The molecule has 0 aliphatic heterocycles. The molecule has 0 atom stereocenters. The number of Topliss-reactive ketones (excluding diaryl/α,β-unsaturated/α-hetero) is 1. The average Bonchev–Trinajstić information content (AvgIpc) is 2.34. The Labute approximate surface area is 99.3 Å². The van der Waals surface area contributed by atoms with Crippen LogP contribution in [0.2, 0.25) is 0 Å². The quantitative estimate of drug-likeness (QED) is 0.256. The summed E-state index contributed by atoms with van der Waals surface area (Å²) in [6, 6.07) is 5.17. The standard InChI is InChI=1S/C13H11NO3/c1-3-8-17-13(16)12(10(2)15)9-11-6-4-5-7-14-11/h1,4-7,9H,8H2,2H3/b12-9-. The molecular weight excluding hydrogens is 218 g/mol. The first-order valence-corrected chi connectivity index (χ1v) is 4.89. The number of esters is 1. The van der Waals surface area contributed by atoms with Gasteiger partial charge in [-0.1, -0.05) is 12.0 Å². The fourth-order valence-corrected chi connectivity index (χ4v) is 1.10. The molecule has 4 nitrogen and oxygen atoms in total. The summed E-state index contributed by atoms with van der Waals surface area (Å²) in [6.07, 6.45) is 7.90. The molecule has 0 aliphatic carbocycles. The van der Waals surface area contributed by atoms with Gasteiger partial charge in [-0.05, 0) is 25.1 Å². The van der Waals surface area contributed by atoms with Gasteiger partial charge in [0.2, 0.25) is 0 Å². The predicted molar refractivity (Wildman–Crippen MR) is 62.7 cm³/mol. The Balaban J connectivity index is 2.95. The van der Waals surface area contributed by atoms with Crippen molar-refractivity contribution >= 4 is 17.8 Å². The number of hydrogen-bond donors (Lipinski definition) is 0. The summed E-state index contributed by atoms with van der Waals surface area (Å²) in [7, 11) is 0. The molecule has 0 saturated heterocycles. The minimum Gasteiger partial charge on any atom is -0.449 e. The van der Waals surface area contributed by atoms with Crippen LogP contribution in [0.1, 0.15) is 12.6 Å². The minimum absolute atomic E-state index is 0.0704. The van der Waals surface area contributed by atoms with Gasteiger partial charge in [-0.3, -0.25) is 9.78 Å². The normalized spacial score (nSPS) is 10.5. The van der Waals surface area contributed by atoms with Crippen molar-refractivity contribution in [2.45, 2.75) is 6.92 Å². The van der Waals surface area contributed by atoms with Gasteiger partial charge in [0.15, 0.2) is 12.4 Å². The summed E-state index contributed by atoms with van der Waals surface area (Å²) in [5.74, 6) is 1.03. The van der Waals surface area contributed by atoms with Gasteiger partial charge in [0.05, 0.1) is 5.69 Å². The van der Waals surface area contributed by atoms with Gasteiger partial charge >= 0.3 is 5.97 Å². The third-order valence-electron chi connectivity index (χ3n) is 1.87. The van der Waals surface area contributed by atoms with Crippen LogP contribution in [-0.4, -0.2) is 23.3 Å². The Kier molecular flexibility index (Phi) is 4.64. The summed E-state index contributed by atoms with van der Waals surface area (Å²) in [6.45, 7) is 1.12. The highest BCUT2D eigenvalue weighted by molar-refractivity contribution is 6.19. The molecule has 17 heavy (non-hydrogen) atoms. The maximum absolute atomic E-state index is 11.5. The van der Waals surface area contributed by atoms with Crippen LogP contribution in [0.3, 0.4) is 0 Å². The number of ketones is 1. The molecule has 1 aromatic heterocycles. The molecule has 0 amide bonds. The largest absolute Gasteiger partial charge is 0.449 e. The Bertz CT molecular complexity index is 483. The van der Waals surface area contributed by atoms with Crippen molar-refractivity contribution in [3.63, 3.8) is 0 Å². The minimum atomic E-state index is -0.735. The highest BCUT2D eigenvalue weighted by atomic mass is 16.5. The van der Waals surface area contributed by atoms with Crippen LogP contribution in [-0.2, 0) is 14.3 Å². The summed E-state index contributed by atoms with van der Waals surface area (Å²) in [4.78, 5) is 26.8. The Morgan fingerprint density at radius 1 is 1.53 bits per heavy atom. The van der Waals surface area contributed by atoms with E-state index in [1.807, 2.05) is 0 Å². The first-order chi connectivity index (χ1) is 8.15. The molecule has 0 aromatic carbocycles. The number of carbonyl (C=O) groups is 2. The summed E-state index contributed by atoms with van der Waals surface area (Å²) in [5, 5.41) is 0. The number of nitrogens with zero attached hydrogens (tertiary/aromatic N) is 1. The van der Waals surface area contributed by atoms with Gasteiger partial charge in [0.25, 0.3) is 0 Å². The number of hydrogen-bond acceptors (Lipinski definition) is 4. The lowest BCUT2D eigenvalue weighted by atomic mass is 10.1. The number of carbonyl (C=O) groups excluding carboxylic acids is 2. The van der Waals surface area contributed by atoms with E-state index in [1.54, 1.807) is 24.4 Å². The Morgan fingerprint density at radius 3 is 2.82 bits per heavy atom. The second kappa shape index (κ2) is 6.23. The van der Waals surface area contributed by atoms with Crippen molar-refractivity contribution in [3.05, 3.63) is 35.7 Å². The van der Waals surface area contributed by atoms with E-state index in [9.17, 15) is 9.59 Å². The molecule has 86 valence electrons. The van der Waals surface area contributed by atoms with E-state index < -0.39 is 11.8 Å². The van der Waals surface area contributed by atoms with Crippen molar-refractivity contribution in [1.82, 2.24) is 4.98 Å². The van der Waals surface area contributed by atoms with Crippen LogP contribution < -0.4 is 0 Å². The number of rotatable bonds is 4. The molecule has 0 bridgehead atoms. The van der Waals surface area contributed by atoms with E-state index in [2.05, 4.69) is 10.9 Å². The Hall–Kier alpha value is -2.41. The van der Waals surface area contributed by atoms with E-state index in [1.165, 1.54) is 13.0 Å². The van der Waals surface area contributed by atoms with Gasteiger partial charge in [-0.2, -0.15) is 0 Å². The lowest BCUT2D eigenvalue weighted by Crippen LogP contribution is -2.14. The van der Waals surface area contributed by atoms with Crippen molar-refractivity contribution in [2.24, 2.45) is 0 Å². The van der Waals surface area contributed by atoms with Crippen molar-refractivity contribution in [1.29, 1.82) is 0 Å². The second-order valence-electron chi connectivity index (χ2n) is 3.15. The van der Waals surface area contributed by atoms with Crippen LogP contribution in [0, 0.1) is 12.3 Å². The molecule has 0 fully saturated rings. The zero-order valence-electron chi connectivity index (χ0n) is 9.34. The predicted octanol–water partition coefficient (Wildman–Crippen LogP) is 1.23. The fourth-order valence-electron chi connectivity index (χ4n) is 1.10. The van der Waals surface area contributed by atoms with Crippen molar-refractivity contribution in [3.8, 4) is 12.3 Å². The molecule has 1 aromatic rings. The maximum atomic E-state index is 11.5. The van der Waals surface area contributed by atoms with E-state index in [-0.39, 0.29) is 12.2 Å². The van der Waals surface area contributed by atoms with Crippen molar-refractivity contribution in [2.75, 3.05) is 6.61 Å². The van der Waals surface area contributed by atoms with Crippen LogP contribution in [0.5, 0.6) is 0 Å². The SMILES string of the molecule is C#CCOC(=O)/C(=C\c1ccccn1)C(C)=O. The number of aromatic nitrogens is 1. The van der Waals surface area contributed by atoms with Crippen molar-refractivity contribution < 1.29 is 14.3 Å². The van der Waals surface area contributed by atoms with E-state index in [0.717, 1.165) is 0 Å². The lowest BCUT2D eigenvalue weighted by Gasteiger charge is -2.02. The molecule has 0 N–H and O–H groups in total. The molecule has 0 spiro atoms. The van der Waals surface area contributed by atoms with Gasteiger partial charge in [-0.25, -0.2) is 4.79 Å². The summed E-state index contributed by atoms with van der Waals surface area (Å²) in [5.41, 5.74) is 0.439. The highest BCUT2D eigenvalue weighted by Gasteiger charge is 2.15. The smallest absolute Gasteiger partial charge is 0.342 e. The zero-order valence-corrected chi connectivity index (χ0v) is 9.34. The molecule has 0 saturated carbocycles. The summed E-state index contributed by atoms with van der Waals surface area (Å²) < 4.78 is 4.69. The first-order valence-electron chi connectivity index (χ1n) is 4.89. The fraction of sp³-hybridized carbons (Fsp3) is 0.154. The van der Waals surface area contributed by atoms with E-state index >= 15 is 0 Å². The van der Waals surface area contributed by atoms with E-state index in [4.69, 9.17) is 11.2 Å². The monoisotopic (exact) mass is 229 g/mol. The van der Waals surface area contributed by atoms with Gasteiger partial charge in [0.1, 0.15) is 5.57 Å². The molecular formula is C13H11NO3. The molecule has 0 radical (unpaired) electrons. The number of ether oxygens (including phenoxy) is 1. The Morgan fingerprint density at radius 2 is 2.29 bits per heavy atom. The molecule has 0 aliphatic rings. The molecule has 1 rings (SSSR count). The molecule has 4 heteroatoms. The average molecular weight is 229 g/mol. The third-order valence-corrected chi connectivity index (χ3v) is 1.87. The van der Waals surface area contributed by atoms with Gasteiger partial charge < -0.3 is 4.74 Å². The van der Waals surface area contributed by atoms with Gasteiger partial charge in [0, 0.05) is 6.20 Å². The molecule has 1 heterocycles. The van der Waals surface area contributed by atoms with Crippen LogP contribution in [0.4, 0.5) is 0 Å². The van der Waals surface area contributed by atoms with E-state index in [0.29, 0.717) is 5.69 Å². The topological polar surface area (TPSA) is 56.3 Å². The second-order valence-corrected chi connectivity index (χ2v) is 3.15. The highest BCUT2D eigenvalue weighted by Crippen LogP contribution is 2.07. The summed E-state index contributed by atoms with van der Waals surface area (Å²) >= 11 is 0. The van der Waals surface area contributed by atoms with Crippen LogP contribution >= 0.6 is 0 Å². The lowest BCUT2D eigenvalue weighted by molar-refractivity contribution is -0.138. The van der Waals surface area contributed by atoms with Gasteiger partial charge in [-0.15, -0.1) is 6.42 Å². The number of terminal acetylenes is 1. The first kappa shape index (κ1) is 12.7. The van der Waals surface area contributed by atoms with Crippen LogP contribution in [0.25, 0.3) is 6.08 Å².